The third-order valence-electron chi connectivity index (χ3n) is 2.63. The van der Waals surface area contributed by atoms with Crippen LogP contribution in [0.1, 0.15) is 13.8 Å². The molecule has 0 rings (SSSR count). The van der Waals surface area contributed by atoms with Crippen LogP contribution in [0.2, 0.25) is 0 Å². The van der Waals surface area contributed by atoms with Gasteiger partial charge in [-0.25, -0.2) is 0 Å². The number of carbonyl (C=O) groups excluding carboxylic acids is 4. The van der Waals surface area contributed by atoms with Crippen molar-refractivity contribution in [1.82, 2.24) is 5.32 Å². The van der Waals surface area contributed by atoms with E-state index in [1.807, 2.05) is 0 Å². The second kappa shape index (κ2) is 7.34. The summed E-state index contributed by atoms with van der Waals surface area (Å²) in [6, 6.07) is -1.18. The molecule has 0 aliphatic carbocycles. The van der Waals surface area contributed by atoms with Crippen LogP contribution in [0.15, 0.2) is 0 Å². The number of hydrogen-bond acceptors (Lipinski definition) is 6. The number of primary amides is 1. The SMILES string of the molecule is COC(=O)C(C(=O)OC)[C@H](C)[C@@H](NC(C)=O)C(N)=O. The molecule has 0 unspecified atom stereocenters. The Morgan fingerprint density at radius 2 is 1.47 bits per heavy atom. The Bertz CT molecular complexity index is 365. The van der Waals surface area contributed by atoms with Gasteiger partial charge in [-0.05, 0) is 0 Å². The van der Waals surface area contributed by atoms with Gasteiger partial charge in [-0.1, -0.05) is 6.92 Å². The van der Waals surface area contributed by atoms with Crippen LogP contribution in [0.4, 0.5) is 0 Å². The molecule has 108 valence electrons. The van der Waals surface area contributed by atoms with Crippen molar-refractivity contribution in [3.8, 4) is 0 Å². The molecule has 0 aliphatic rings. The molecule has 0 saturated carbocycles. The van der Waals surface area contributed by atoms with E-state index < -0.39 is 41.6 Å². The minimum absolute atomic E-state index is 0.510. The minimum atomic E-state index is -1.35. The number of nitrogens with two attached hydrogens (primary N) is 1. The van der Waals surface area contributed by atoms with E-state index >= 15 is 0 Å². The molecule has 0 radical (unpaired) electrons. The zero-order valence-electron chi connectivity index (χ0n) is 11.3. The van der Waals surface area contributed by atoms with Crippen molar-refractivity contribution < 1.29 is 28.7 Å². The average molecular weight is 274 g/mol. The Morgan fingerprint density at radius 3 is 1.74 bits per heavy atom. The van der Waals surface area contributed by atoms with Crippen LogP contribution in [-0.2, 0) is 28.7 Å². The fourth-order valence-corrected chi connectivity index (χ4v) is 1.65. The van der Waals surface area contributed by atoms with Crippen LogP contribution >= 0.6 is 0 Å². The zero-order chi connectivity index (χ0) is 15.2. The summed E-state index contributed by atoms with van der Waals surface area (Å²) >= 11 is 0. The molecule has 19 heavy (non-hydrogen) atoms. The predicted molar refractivity (Wildman–Crippen MR) is 63.5 cm³/mol. The average Bonchev–Trinajstić information content (AvgIpc) is 2.34. The molecule has 0 saturated heterocycles. The first-order valence-corrected chi connectivity index (χ1v) is 5.48. The van der Waals surface area contributed by atoms with Crippen LogP contribution in [0, 0.1) is 11.8 Å². The third-order valence-corrected chi connectivity index (χ3v) is 2.63. The Kier molecular flexibility index (Phi) is 6.53. The maximum atomic E-state index is 11.6. The summed E-state index contributed by atoms with van der Waals surface area (Å²) in [5.41, 5.74) is 5.15. The number of amides is 2. The molecule has 0 aromatic rings. The molecule has 0 heterocycles. The molecule has 0 spiro atoms. The van der Waals surface area contributed by atoms with Gasteiger partial charge in [0.15, 0.2) is 5.92 Å². The molecule has 0 aromatic heterocycles. The van der Waals surface area contributed by atoms with Crippen LogP contribution in [0.25, 0.3) is 0 Å². The van der Waals surface area contributed by atoms with E-state index in [2.05, 4.69) is 14.8 Å². The molecule has 2 atom stereocenters. The predicted octanol–water partition coefficient (Wildman–Crippen LogP) is -1.43. The van der Waals surface area contributed by atoms with Gasteiger partial charge in [-0.2, -0.15) is 0 Å². The van der Waals surface area contributed by atoms with Crippen molar-refractivity contribution in [1.29, 1.82) is 0 Å². The summed E-state index contributed by atoms with van der Waals surface area (Å²) in [7, 11) is 2.20. The highest BCUT2D eigenvalue weighted by atomic mass is 16.5. The second-order valence-corrected chi connectivity index (χ2v) is 3.96. The normalized spacial score (nSPS) is 13.3. The van der Waals surface area contributed by atoms with E-state index in [9.17, 15) is 19.2 Å². The van der Waals surface area contributed by atoms with E-state index in [-0.39, 0.29) is 0 Å². The van der Waals surface area contributed by atoms with E-state index in [4.69, 9.17) is 5.73 Å². The highest BCUT2D eigenvalue weighted by Crippen LogP contribution is 2.19. The Hall–Kier alpha value is -2.12. The maximum Gasteiger partial charge on any atom is 0.320 e. The van der Waals surface area contributed by atoms with E-state index in [1.54, 1.807) is 0 Å². The number of ether oxygens (including phenoxy) is 2. The van der Waals surface area contributed by atoms with Crippen molar-refractivity contribution in [3.05, 3.63) is 0 Å². The Morgan fingerprint density at radius 1 is 1.05 bits per heavy atom. The van der Waals surface area contributed by atoms with E-state index in [0.717, 1.165) is 14.2 Å². The molecule has 0 aromatic carbocycles. The van der Waals surface area contributed by atoms with Crippen LogP contribution in [-0.4, -0.2) is 44.0 Å². The van der Waals surface area contributed by atoms with Crippen molar-refractivity contribution in [3.63, 3.8) is 0 Å². The molecule has 0 aliphatic heterocycles. The number of esters is 2. The Labute approximate surface area is 110 Å². The highest BCUT2D eigenvalue weighted by Gasteiger charge is 2.40. The fraction of sp³-hybridized carbons (Fsp3) is 0.636. The summed E-state index contributed by atoms with van der Waals surface area (Å²) in [6.45, 7) is 2.61. The third kappa shape index (κ3) is 4.57. The van der Waals surface area contributed by atoms with Crippen molar-refractivity contribution in [2.45, 2.75) is 19.9 Å². The first-order valence-electron chi connectivity index (χ1n) is 5.48. The summed E-state index contributed by atoms with van der Waals surface area (Å²) in [5.74, 6) is -5.35. The number of rotatable bonds is 6. The Balaban J connectivity index is 5.28. The van der Waals surface area contributed by atoms with Crippen molar-refractivity contribution >= 4 is 23.8 Å². The van der Waals surface area contributed by atoms with Gasteiger partial charge >= 0.3 is 11.9 Å². The smallest absolute Gasteiger partial charge is 0.320 e. The second-order valence-electron chi connectivity index (χ2n) is 3.96. The molecule has 0 fully saturated rings. The summed E-state index contributed by atoms with van der Waals surface area (Å²) < 4.78 is 8.97. The van der Waals surface area contributed by atoms with Gasteiger partial charge in [-0.15, -0.1) is 0 Å². The largest absolute Gasteiger partial charge is 0.468 e. The van der Waals surface area contributed by atoms with Gasteiger partial charge in [0.1, 0.15) is 6.04 Å². The summed E-state index contributed by atoms with van der Waals surface area (Å²) in [4.78, 5) is 45.5. The topological polar surface area (TPSA) is 125 Å². The minimum Gasteiger partial charge on any atom is -0.468 e. The zero-order valence-corrected chi connectivity index (χ0v) is 11.3. The number of methoxy groups -OCH3 is 2. The lowest BCUT2D eigenvalue weighted by Gasteiger charge is -2.26. The van der Waals surface area contributed by atoms with Crippen LogP contribution in [0.5, 0.6) is 0 Å². The van der Waals surface area contributed by atoms with Gasteiger partial charge in [0.05, 0.1) is 14.2 Å². The monoisotopic (exact) mass is 274 g/mol. The standard InChI is InChI=1S/C11H18N2O6/c1-5(8(9(12)15)13-6(2)14)7(10(16)18-3)11(17)19-4/h5,7-8H,1-4H3,(H2,12,15)(H,13,14)/t5-,8+/m0/s1. The fourth-order valence-electron chi connectivity index (χ4n) is 1.65. The van der Waals surface area contributed by atoms with E-state index in [1.165, 1.54) is 13.8 Å². The van der Waals surface area contributed by atoms with Gasteiger partial charge in [0.25, 0.3) is 0 Å². The summed E-state index contributed by atoms with van der Waals surface area (Å²) in [6.07, 6.45) is 0. The van der Waals surface area contributed by atoms with Crippen molar-refractivity contribution in [2.75, 3.05) is 14.2 Å². The molecule has 8 nitrogen and oxygen atoms in total. The number of hydrogen-bond donors (Lipinski definition) is 2. The first-order chi connectivity index (χ1) is 8.76. The van der Waals surface area contributed by atoms with Gasteiger partial charge in [0, 0.05) is 12.8 Å². The molecular formula is C11H18N2O6. The van der Waals surface area contributed by atoms with Gasteiger partial charge in [0.2, 0.25) is 11.8 Å². The van der Waals surface area contributed by atoms with Crippen LogP contribution in [0.3, 0.4) is 0 Å². The van der Waals surface area contributed by atoms with Gasteiger partial charge < -0.3 is 20.5 Å². The first kappa shape index (κ1) is 16.9. The lowest BCUT2D eigenvalue weighted by Crippen LogP contribution is -2.52. The molecule has 2 amide bonds. The molecular weight excluding hydrogens is 256 g/mol. The summed E-state index contributed by atoms with van der Waals surface area (Å²) in [5, 5.41) is 2.29. The molecule has 3 N–H and O–H groups in total. The maximum absolute atomic E-state index is 11.6. The number of nitrogens with one attached hydrogen (secondary N) is 1. The van der Waals surface area contributed by atoms with Crippen LogP contribution < -0.4 is 11.1 Å². The molecule has 0 bridgehead atoms. The highest BCUT2D eigenvalue weighted by molar-refractivity contribution is 5.96. The lowest BCUT2D eigenvalue weighted by atomic mass is 9.87. The van der Waals surface area contributed by atoms with Crippen molar-refractivity contribution in [2.24, 2.45) is 17.6 Å². The van der Waals surface area contributed by atoms with Gasteiger partial charge in [-0.3, -0.25) is 19.2 Å². The quantitative estimate of drug-likeness (QED) is 0.452. The molecule has 8 heteroatoms. The van der Waals surface area contributed by atoms with E-state index in [0.29, 0.717) is 0 Å². The lowest BCUT2D eigenvalue weighted by molar-refractivity contribution is -0.162. The number of carbonyl (C=O) groups is 4.